The summed E-state index contributed by atoms with van der Waals surface area (Å²) in [4.78, 5) is 23.2. The molecule has 1 atom stereocenters. The van der Waals surface area contributed by atoms with Gasteiger partial charge in [-0.25, -0.2) is 4.79 Å². The van der Waals surface area contributed by atoms with Crippen molar-refractivity contribution in [3.05, 3.63) is 35.4 Å². The maximum absolute atomic E-state index is 12.9. The third-order valence-corrected chi connectivity index (χ3v) is 3.43. The lowest BCUT2D eigenvalue weighted by Crippen LogP contribution is -2.41. The zero-order valence-electron chi connectivity index (χ0n) is 12.8. The van der Waals surface area contributed by atoms with E-state index in [-0.39, 0.29) is 6.42 Å². The summed E-state index contributed by atoms with van der Waals surface area (Å²) in [5.41, 5.74) is -1.65. The van der Waals surface area contributed by atoms with Crippen LogP contribution in [0.5, 0.6) is 0 Å². The van der Waals surface area contributed by atoms with E-state index < -0.39 is 35.2 Å². The fourth-order valence-electron chi connectivity index (χ4n) is 2.20. The SMILES string of the molecule is CCCCCC[C@H](NC(=O)c1ccccc1C(F)(F)F)C(=O)O. The van der Waals surface area contributed by atoms with Crippen LogP contribution >= 0.6 is 0 Å². The maximum Gasteiger partial charge on any atom is 0.417 e. The van der Waals surface area contributed by atoms with Gasteiger partial charge in [-0.2, -0.15) is 13.2 Å². The van der Waals surface area contributed by atoms with E-state index >= 15 is 0 Å². The first kappa shape index (κ1) is 19.0. The van der Waals surface area contributed by atoms with Crippen molar-refractivity contribution >= 4 is 11.9 Å². The number of alkyl halides is 3. The van der Waals surface area contributed by atoms with E-state index in [1.54, 1.807) is 0 Å². The topological polar surface area (TPSA) is 66.4 Å². The molecule has 23 heavy (non-hydrogen) atoms. The number of hydrogen-bond donors (Lipinski definition) is 2. The first-order valence-corrected chi connectivity index (χ1v) is 7.47. The van der Waals surface area contributed by atoms with E-state index in [2.05, 4.69) is 5.32 Å². The minimum absolute atomic E-state index is 0.190. The molecule has 1 amide bonds. The molecule has 1 rings (SSSR count). The number of unbranched alkanes of at least 4 members (excludes halogenated alkanes) is 3. The molecule has 0 heterocycles. The van der Waals surface area contributed by atoms with Gasteiger partial charge < -0.3 is 10.4 Å². The highest BCUT2D eigenvalue weighted by atomic mass is 19.4. The average molecular weight is 331 g/mol. The highest BCUT2D eigenvalue weighted by molar-refractivity contribution is 5.98. The average Bonchev–Trinajstić information content (AvgIpc) is 2.49. The molecule has 0 radical (unpaired) electrons. The third kappa shape index (κ3) is 5.92. The Morgan fingerprint density at radius 1 is 1.17 bits per heavy atom. The quantitative estimate of drug-likeness (QED) is 0.711. The van der Waals surface area contributed by atoms with Gasteiger partial charge in [-0.3, -0.25) is 4.79 Å². The highest BCUT2D eigenvalue weighted by Crippen LogP contribution is 2.31. The van der Waals surface area contributed by atoms with Crippen LogP contribution in [0.1, 0.15) is 54.9 Å². The van der Waals surface area contributed by atoms with E-state index in [1.165, 1.54) is 12.1 Å². The largest absolute Gasteiger partial charge is 0.480 e. The predicted octanol–water partition coefficient (Wildman–Crippen LogP) is 3.86. The minimum Gasteiger partial charge on any atom is -0.480 e. The predicted molar refractivity (Wildman–Crippen MR) is 79.1 cm³/mol. The van der Waals surface area contributed by atoms with Crippen molar-refractivity contribution in [2.75, 3.05) is 0 Å². The zero-order valence-corrected chi connectivity index (χ0v) is 12.8. The number of carboxylic acid groups (broad SMARTS) is 1. The van der Waals surface area contributed by atoms with Gasteiger partial charge in [-0.1, -0.05) is 44.7 Å². The van der Waals surface area contributed by atoms with Crippen LogP contribution in [0.3, 0.4) is 0 Å². The van der Waals surface area contributed by atoms with Crippen molar-refractivity contribution in [3.8, 4) is 0 Å². The monoisotopic (exact) mass is 331 g/mol. The Hall–Kier alpha value is -2.05. The van der Waals surface area contributed by atoms with E-state index in [0.717, 1.165) is 31.4 Å². The van der Waals surface area contributed by atoms with Crippen LogP contribution in [-0.4, -0.2) is 23.0 Å². The second-order valence-electron chi connectivity index (χ2n) is 5.26. The lowest BCUT2D eigenvalue weighted by molar-refractivity contribution is -0.139. The highest BCUT2D eigenvalue weighted by Gasteiger charge is 2.35. The van der Waals surface area contributed by atoms with E-state index in [0.29, 0.717) is 6.42 Å². The summed E-state index contributed by atoms with van der Waals surface area (Å²) in [6.07, 6.45) is -1.16. The normalized spacial score (nSPS) is 12.7. The van der Waals surface area contributed by atoms with Crippen molar-refractivity contribution in [1.29, 1.82) is 0 Å². The number of nitrogens with one attached hydrogen (secondary N) is 1. The van der Waals surface area contributed by atoms with Crippen molar-refractivity contribution in [3.63, 3.8) is 0 Å². The van der Waals surface area contributed by atoms with Crippen LogP contribution in [0.4, 0.5) is 13.2 Å². The molecule has 0 unspecified atom stereocenters. The molecule has 0 aliphatic carbocycles. The number of rotatable bonds is 8. The lowest BCUT2D eigenvalue weighted by Gasteiger charge is -2.17. The van der Waals surface area contributed by atoms with Crippen LogP contribution in [0, 0.1) is 0 Å². The van der Waals surface area contributed by atoms with Gasteiger partial charge in [0, 0.05) is 0 Å². The standard InChI is InChI=1S/C16H20F3NO3/c1-2-3-4-5-10-13(15(22)23)20-14(21)11-8-6-7-9-12(11)16(17,18)19/h6-9,13H,2-5,10H2,1H3,(H,20,21)(H,22,23)/t13-/m0/s1. The van der Waals surface area contributed by atoms with E-state index in [4.69, 9.17) is 5.11 Å². The third-order valence-electron chi connectivity index (χ3n) is 3.43. The molecule has 0 aliphatic heterocycles. The molecular weight excluding hydrogens is 311 g/mol. The van der Waals surface area contributed by atoms with Crippen LogP contribution < -0.4 is 5.32 Å². The molecule has 2 N–H and O–H groups in total. The van der Waals surface area contributed by atoms with Gasteiger partial charge in [0.2, 0.25) is 0 Å². The van der Waals surface area contributed by atoms with Crippen LogP contribution in [0.15, 0.2) is 24.3 Å². The van der Waals surface area contributed by atoms with Crippen LogP contribution in [-0.2, 0) is 11.0 Å². The van der Waals surface area contributed by atoms with Crippen molar-refractivity contribution < 1.29 is 27.9 Å². The molecule has 0 fully saturated rings. The Kier molecular flexibility index (Phi) is 7.06. The number of hydrogen-bond acceptors (Lipinski definition) is 2. The number of carbonyl (C=O) groups is 2. The van der Waals surface area contributed by atoms with E-state index in [1.807, 2.05) is 6.92 Å². The summed E-state index contributed by atoms with van der Waals surface area (Å²) in [7, 11) is 0. The van der Waals surface area contributed by atoms with Crippen LogP contribution in [0.2, 0.25) is 0 Å². The Morgan fingerprint density at radius 3 is 2.39 bits per heavy atom. The zero-order chi connectivity index (χ0) is 17.5. The van der Waals surface area contributed by atoms with Gasteiger partial charge in [0.1, 0.15) is 6.04 Å². The van der Waals surface area contributed by atoms with Gasteiger partial charge in [0.15, 0.2) is 0 Å². The van der Waals surface area contributed by atoms with Gasteiger partial charge >= 0.3 is 12.1 Å². The Bertz CT molecular complexity index is 544. The first-order chi connectivity index (χ1) is 10.8. The molecule has 128 valence electrons. The van der Waals surface area contributed by atoms with Gasteiger partial charge in [0.05, 0.1) is 11.1 Å². The molecule has 0 aromatic heterocycles. The minimum atomic E-state index is -4.67. The number of benzene rings is 1. The summed E-state index contributed by atoms with van der Waals surface area (Å²) < 4.78 is 38.7. The molecular formula is C16H20F3NO3. The molecule has 1 aromatic rings. The Balaban J connectivity index is 2.82. The first-order valence-electron chi connectivity index (χ1n) is 7.47. The summed E-state index contributed by atoms with van der Waals surface area (Å²) in [6, 6.07) is 3.13. The number of aliphatic carboxylic acids is 1. The molecule has 1 aromatic carbocycles. The number of carbonyl (C=O) groups excluding carboxylic acids is 1. The summed E-state index contributed by atoms with van der Waals surface area (Å²) >= 11 is 0. The second kappa shape index (κ2) is 8.55. The molecule has 7 heteroatoms. The molecule has 0 spiro atoms. The van der Waals surface area contributed by atoms with Gasteiger partial charge in [-0.05, 0) is 18.6 Å². The van der Waals surface area contributed by atoms with Crippen molar-refractivity contribution in [2.24, 2.45) is 0 Å². The van der Waals surface area contributed by atoms with E-state index in [9.17, 15) is 22.8 Å². The molecule has 0 bridgehead atoms. The Morgan fingerprint density at radius 2 is 1.83 bits per heavy atom. The van der Waals surface area contributed by atoms with Crippen LogP contribution in [0.25, 0.3) is 0 Å². The molecule has 0 aliphatic rings. The van der Waals surface area contributed by atoms with Gasteiger partial charge in [-0.15, -0.1) is 0 Å². The second-order valence-corrected chi connectivity index (χ2v) is 5.26. The fraction of sp³-hybridized carbons (Fsp3) is 0.500. The van der Waals surface area contributed by atoms with Gasteiger partial charge in [0.25, 0.3) is 5.91 Å². The number of carboxylic acids is 1. The smallest absolute Gasteiger partial charge is 0.417 e. The summed E-state index contributed by atoms with van der Waals surface area (Å²) in [5, 5.41) is 11.3. The summed E-state index contributed by atoms with van der Waals surface area (Å²) in [6.45, 7) is 2.00. The lowest BCUT2D eigenvalue weighted by atomic mass is 10.0. The van der Waals surface area contributed by atoms with Crippen molar-refractivity contribution in [2.45, 2.75) is 51.2 Å². The maximum atomic E-state index is 12.9. The molecule has 4 nitrogen and oxygen atoms in total. The van der Waals surface area contributed by atoms with Crippen molar-refractivity contribution in [1.82, 2.24) is 5.32 Å². The Labute approximate surface area is 132 Å². The molecule has 0 saturated heterocycles. The summed E-state index contributed by atoms with van der Waals surface area (Å²) in [5.74, 6) is -2.28. The molecule has 0 saturated carbocycles. The fourth-order valence-corrected chi connectivity index (χ4v) is 2.20. The number of amides is 1. The number of halogens is 3.